The quantitative estimate of drug-likeness (QED) is 0.767. The standard InChI is InChI=1S/C20H26N6O3/c27-18(8-11-26-19(28)16-6-2-3-7-17(16)21-22-26)23-12-14-25(15-13-23)20(29)24-9-4-1-5-10-24/h2-3,6-7H,1,4-5,8-15H2. The minimum Gasteiger partial charge on any atom is -0.339 e. The van der Waals surface area contributed by atoms with Crippen molar-refractivity contribution in [3.63, 3.8) is 0 Å². The van der Waals surface area contributed by atoms with E-state index in [9.17, 15) is 14.4 Å². The van der Waals surface area contributed by atoms with Gasteiger partial charge in [-0.1, -0.05) is 17.3 Å². The number of urea groups is 1. The van der Waals surface area contributed by atoms with Crippen LogP contribution in [0.25, 0.3) is 10.9 Å². The molecule has 9 nitrogen and oxygen atoms in total. The monoisotopic (exact) mass is 398 g/mol. The first-order valence-electron chi connectivity index (χ1n) is 10.3. The number of carbonyl (C=O) groups is 2. The number of carbonyl (C=O) groups excluding carboxylic acids is 2. The Balaban J connectivity index is 1.30. The molecule has 0 radical (unpaired) electrons. The van der Waals surface area contributed by atoms with Gasteiger partial charge >= 0.3 is 6.03 Å². The van der Waals surface area contributed by atoms with Crippen LogP contribution in [0.3, 0.4) is 0 Å². The number of piperazine rings is 1. The highest BCUT2D eigenvalue weighted by atomic mass is 16.2. The fraction of sp³-hybridized carbons (Fsp3) is 0.550. The van der Waals surface area contributed by atoms with Crippen molar-refractivity contribution in [2.24, 2.45) is 0 Å². The van der Waals surface area contributed by atoms with Crippen LogP contribution in [0.1, 0.15) is 25.7 Å². The Morgan fingerprint density at radius 2 is 1.52 bits per heavy atom. The van der Waals surface area contributed by atoms with Crippen molar-refractivity contribution in [2.45, 2.75) is 32.2 Å². The van der Waals surface area contributed by atoms with Gasteiger partial charge in [0.05, 0.1) is 11.9 Å². The van der Waals surface area contributed by atoms with Crippen LogP contribution in [0.5, 0.6) is 0 Å². The van der Waals surface area contributed by atoms with E-state index in [1.165, 1.54) is 11.1 Å². The lowest BCUT2D eigenvalue weighted by atomic mass is 10.1. The molecule has 0 atom stereocenters. The van der Waals surface area contributed by atoms with Crippen LogP contribution >= 0.6 is 0 Å². The third kappa shape index (κ3) is 4.23. The molecular weight excluding hydrogens is 372 g/mol. The van der Waals surface area contributed by atoms with Crippen molar-refractivity contribution in [3.05, 3.63) is 34.6 Å². The summed E-state index contributed by atoms with van der Waals surface area (Å²) in [6.45, 7) is 4.02. The Morgan fingerprint density at radius 1 is 0.862 bits per heavy atom. The first-order chi connectivity index (χ1) is 14.1. The van der Waals surface area contributed by atoms with Crippen molar-refractivity contribution in [2.75, 3.05) is 39.3 Å². The lowest BCUT2D eigenvalue weighted by Crippen LogP contribution is -2.54. The van der Waals surface area contributed by atoms with Gasteiger partial charge in [-0.25, -0.2) is 9.48 Å². The normalized spacial score (nSPS) is 17.6. The number of amides is 3. The highest BCUT2D eigenvalue weighted by Gasteiger charge is 2.27. The van der Waals surface area contributed by atoms with Gasteiger partial charge in [0.2, 0.25) is 5.91 Å². The molecule has 0 N–H and O–H groups in total. The van der Waals surface area contributed by atoms with Crippen molar-refractivity contribution >= 4 is 22.8 Å². The number of benzene rings is 1. The number of likely N-dealkylation sites (tertiary alicyclic amines) is 1. The molecule has 154 valence electrons. The fourth-order valence-electron chi connectivity index (χ4n) is 3.96. The summed E-state index contributed by atoms with van der Waals surface area (Å²) < 4.78 is 1.25. The Morgan fingerprint density at radius 3 is 2.28 bits per heavy atom. The first kappa shape index (κ1) is 19.4. The Hall–Kier alpha value is -2.97. The van der Waals surface area contributed by atoms with E-state index >= 15 is 0 Å². The zero-order valence-corrected chi connectivity index (χ0v) is 16.5. The zero-order valence-electron chi connectivity index (χ0n) is 16.5. The average Bonchev–Trinajstić information content (AvgIpc) is 2.79. The topological polar surface area (TPSA) is 91.6 Å². The van der Waals surface area contributed by atoms with Crippen LogP contribution in [-0.2, 0) is 11.3 Å². The number of aromatic nitrogens is 3. The predicted molar refractivity (Wildman–Crippen MR) is 107 cm³/mol. The van der Waals surface area contributed by atoms with Crippen molar-refractivity contribution in [3.8, 4) is 0 Å². The summed E-state index contributed by atoms with van der Waals surface area (Å²) >= 11 is 0. The van der Waals surface area contributed by atoms with Gasteiger partial charge in [0, 0.05) is 45.7 Å². The molecule has 2 aromatic rings. The molecule has 0 saturated carbocycles. The molecule has 0 bridgehead atoms. The number of nitrogens with zero attached hydrogens (tertiary/aromatic N) is 6. The molecule has 4 rings (SSSR count). The molecule has 1 aromatic heterocycles. The third-order valence-corrected chi connectivity index (χ3v) is 5.70. The van der Waals surface area contributed by atoms with Crippen LogP contribution in [-0.4, -0.2) is 80.9 Å². The number of rotatable bonds is 3. The van der Waals surface area contributed by atoms with Gasteiger partial charge in [0.1, 0.15) is 5.52 Å². The Kier molecular flexibility index (Phi) is 5.73. The van der Waals surface area contributed by atoms with Gasteiger partial charge in [-0.15, -0.1) is 5.10 Å². The lowest BCUT2D eigenvalue weighted by Gasteiger charge is -2.38. The largest absolute Gasteiger partial charge is 0.339 e. The van der Waals surface area contributed by atoms with Crippen molar-refractivity contribution < 1.29 is 9.59 Å². The van der Waals surface area contributed by atoms with E-state index in [2.05, 4.69) is 10.3 Å². The second-order valence-electron chi connectivity index (χ2n) is 7.58. The molecule has 2 saturated heterocycles. The van der Waals surface area contributed by atoms with Crippen LogP contribution in [0.15, 0.2) is 29.1 Å². The van der Waals surface area contributed by atoms with Gasteiger partial charge in [0.15, 0.2) is 0 Å². The highest BCUT2D eigenvalue weighted by molar-refractivity contribution is 5.78. The lowest BCUT2D eigenvalue weighted by molar-refractivity contribution is -0.133. The first-order valence-corrected chi connectivity index (χ1v) is 10.3. The maximum absolute atomic E-state index is 12.6. The molecular formula is C20H26N6O3. The highest BCUT2D eigenvalue weighted by Crippen LogP contribution is 2.13. The number of fused-ring (bicyclic) bond motifs is 1. The molecule has 2 fully saturated rings. The SMILES string of the molecule is O=C(CCn1nnc2ccccc2c1=O)N1CCN(C(=O)N2CCCCC2)CC1. The minimum atomic E-state index is -0.236. The molecule has 2 aliphatic heterocycles. The summed E-state index contributed by atoms with van der Waals surface area (Å²) in [7, 11) is 0. The zero-order chi connectivity index (χ0) is 20.2. The predicted octanol–water partition coefficient (Wildman–Crippen LogP) is 0.932. The molecule has 2 aliphatic rings. The Bertz CT molecular complexity index is 945. The molecule has 29 heavy (non-hydrogen) atoms. The number of piperidine rings is 1. The molecule has 1 aromatic carbocycles. The summed E-state index contributed by atoms with van der Waals surface area (Å²) in [5.41, 5.74) is 0.315. The molecule has 3 amide bonds. The van der Waals surface area contributed by atoms with E-state index < -0.39 is 0 Å². The maximum atomic E-state index is 12.6. The summed E-state index contributed by atoms with van der Waals surface area (Å²) in [4.78, 5) is 43.2. The number of aryl methyl sites for hydroxylation is 1. The Labute approximate surface area is 168 Å². The summed E-state index contributed by atoms with van der Waals surface area (Å²) in [5, 5.41) is 8.48. The van der Waals surface area contributed by atoms with Gasteiger partial charge in [-0.3, -0.25) is 9.59 Å². The van der Waals surface area contributed by atoms with Gasteiger partial charge in [-0.2, -0.15) is 0 Å². The summed E-state index contributed by atoms with van der Waals surface area (Å²) in [5.74, 6) is -0.0306. The van der Waals surface area contributed by atoms with E-state index in [1.807, 2.05) is 9.80 Å². The fourth-order valence-corrected chi connectivity index (χ4v) is 3.96. The number of hydrogen-bond donors (Lipinski definition) is 0. The van der Waals surface area contributed by atoms with Crippen molar-refractivity contribution in [1.29, 1.82) is 0 Å². The van der Waals surface area contributed by atoms with Crippen LogP contribution < -0.4 is 5.56 Å². The van der Waals surface area contributed by atoms with Gasteiger partial charge in [0.25, 0.3) is 5.56 Å². The molecule has 9 heteroatoms. The average molecular weight is 398 g/mol. The van der Waals surface area contributed by atoms with Crippen LogP contribution in [0.2, 0.25) is 0 Å². The second-order valence-corrected chi connectivity index (χ2v) is 7.58. The van der Waals surface area contributed by atoms with E-state index in [4.69, 9.17) is 0 Å². The minimum absolute atomic E-state index is 0.0306. The molecule has 3 heterocycles. The van der Waals surface area contributed by atoms with Gasteiger partial charge in [-0.05, 0) is 31.4 Å². The van der Waals surface area contributed by atoms with Gasteiger partial charge < -0.3 is 14.7 Å². The number of hydrogen-bond acceptors (Lipinski definition) is 5. The molecule has 0 unspecified atom stereocenters. The second kappa shape index (κ2) is 8.59. The third-order valence-electron chi connectivity index (χ3n) is 5.70. The maximum Gasteiger partial charge on any atom is 0.320 e. The molecule has 0 aliphatic carbocycles. The van der Waals surface area contributed by atoms with Crippen LogP contribution in [0.4, 0.5) is 4.79 Å². The van der Waals surface area contributed by atoms with E-state index in [-0.39, 0.29) is 30.5 Å². The van der Waals surface area contributed by atoms with E-state index in [0.29, 0.717) is 37.1 Å². The molecule has 0 spiro atoms. The van der Waals surface area contributed by atoms with E-state index in [0.717, 1.165) is 25.9 Å². The van der Waals surface area contributed by atoms with E-state index in [1.54, 1.807) is 29.2 Å². The smallest absolute Gasteiger partial charge is 0.320 e. The van der Waals surface area contributed by atoms with Crippen molar-refractivity contribution in [1.82, 2.24) is 29.7 Å². The summed E-state index contributed by atoms with van der Waals surface area (Å²) in [6, 6.07) is 7.13. The summed E-state index contributed by atoms with van der Waals surface area (Å²) in [6.07, 6.45) is 3.52. The van der Waals surface area contributed by atoms with Crippen LogP contribution in [0, 0.1) is 0 Å².